The van der Waals surface area contributed by atoms with E-state index in [1.807, 2.05) is 0 Å². The van der Waals surface area contributed by atoms with Crippen molar-refractivity contribution in [2.24, 2.45) is 0 Å². The SMILES string of the molecule is CC(=O)OCCc1c(Cl)ncnc1CBr. The van der Waals surface area contributed by atoms with E-state index in [2.05, 4.69) is 25.9 Å². The summed E-state index contributed by atoms with van der Waals surface area (Å²) in [5.74, 6) is -0.302. The third-order valence-electron chi connectivity index (χ3n) is 1.77. The molecule has 0 saturated heterocycles. The van der Waals surface area contributed by atoms with E-state index < -0.39 is 0 Å². The Bertz CT molecular complexity index is 360. The molecule has 0 bridgehead atoms. The van der Waals surface area contributed by atoms with Crippen molar-refractivity contribution >= 4 is 33.5 Å². The fraction of sp³-hybridized carbons (Fsp3) is 0.444. The lowest BCUT2D eigenvalue weighted by Crippen LogP contribution is -2.07. The first-order chi connectivity index (χ1) is 7.15. The average Bonchev–Trinajstić information content (AvgIpc) is 2.20. The Morgan fingerprint density at radius 1 is 1.60 bits per heavy atom. The minimum absolute atomic E-state index is 0.294. The fourth-order valence-electron chi connectivity index (χ4n) is 1.08. The summed E-state index contributed by atoms with van der Waals surface area (Å²) in [6.45, 7) is 1.66. The van der Waals surface area contributed by atoms with Gasteiger partial charge >= 0.3 is 5.97 Å². The molecule has 1 heterocycles. The van der Waals surface area contributed by atoms with Crippen molar-refractivity contribution in [2.45, 2.75) is 18.7 Å². The second-order valence-electron chi connectivity index (χ2n) is 2.81. The lowest BCUT2D eigenvalue weighted by atomic mass is 10.2. The van der Waals surface area contributed by atoms with Crippen LogP contribution in [0.2, 0.25) is 5.15 Å². The summed E-state index contributed by atoms with van der Waals surface area (Å²) in [5, 5.41) is 1.01. The molecule has 1 aromatic rings. The molecule has 0 aliphatic carbocycles. The van der Waals surface area contributed by atoms with Crippen LogP contribution in [0.3, 0.4) is 0 Å². The molecule has 0 saturated carbocycles. The first-order valence-electron chi connectivity index (χ1n) is 4.32. The summed E-state index contributed by atoms with van der Waals surface area (Å²) in [6.07, 6.45) is 1.94. The molecule has 6 heteroatoms. The summed E-state index contributed by atoms with van der Waals surface area (Å²) in [5.41, 5.74) is 1.64. The number of rotatable bonds is 4. The van der Waals surface area contributed by atoms with E-state index >= 15 is 0 Å². The van der Waals surface area contributed by atoms with E-state index in [0.29, 0.717) is 23.5 Å². The predicted octanol–water partition coefficient (Wildman–Crippen LogP) is 2.13. The average molecular weight is 294 g/mol. The molecule has 0 atom stereocenters. The molecule has 0 fully saturated rings. The van der Waals surface area contributed by atoms with Gasteiger partial charge in [0.1, 0.15) is 11.5 Å². The molecule has 0 N–H and O–H groups in total. The van der Waals surface area contributed by atoms with Crippen molar-refractivity contribution in [3.63, 3.8) is 0 Å². The molecule has 0 amide bonds. The highest BCUT2D eigenvalue weighted by atomic mass is 79.9. The molecule has 0 aliphatic rings. The normalized spacial score (nSPS) is 10.1. The van der Waals surface area contributed by atoms with Crippen LogP contribution in [0.15, 0.2) is 6.33 Å². The van der Waals surface area contributed by atoms with E-state index in [-0.39, 0.29) is 5.97 Å². The van der Waals surface area contributed by atoms with Crippen molar-refractivity contribution in [1.82, 2.24) is 9.97 Å². The van der Waals surface area contributed by atoms with Crippen molar-refractivity contribution in [1.29, 1.82) is 0 Å². The van der Waals surface area contributed by atoms with Gasteiger partial charge in [0.2, 0.25) is 0 Å². The van der Waals surface area contributed by atoms with Gasteiger partial charge in [0.25, 0.3) is 0 Å². The monoisotopic (exact) mass is 292 g/mol. The molecular weight excluding hydrogens is 283 g/mol. The van der Waals surface area contributed by atoms with Crippen LogP contribution < -0.4 is 0 Å². The first-order valence-corrected chi connectivity index (χ1v) is 5.82. The van der Waals surface area contributed by atoms with Crippen LogP contribution in [0.25, 0.3) is 0 Å². The molecule has 82 valence electrons. The van der Waals surface area contributed by atoms with Crippen LogP contribution in [0.5, 0.6) is 0 Å². The minimum atomic E-state index is -0.302. The second-order valence-corrected chi connectivity index (χ2v) is 3.73. The largest absolute Gasteiger partial charge is 0.466 e. The number of nitrogens with zero attached hydrogens (tertiary/aromatic N) is 2. The van der Waals surface area contributed by atoms with E-state index in [0.717, 1.165) is 11.3 Å². The van der Waals surface area contributed by atoms with Crippen LogP contribution in [0, 0.1) is 0 Å². The van der Waals surface area contributed by atoms with Gasteiger partial charge in [-0.2, -0.15) is 0 Å². The van der Waals surface area contributed by atoms with Crippen molar-refractivity contribution in [3.8, 4) is 0 Å². The van der Waals surface area contributed by atoms with Gasteiger partial charge in [0, 0.05) is 24.2 Å². The van der Waals surface area contributed by atoms with Gasteiger partial charge < -0.3 is 4.74 Å². The minimum Gasteiger partial charge on any atom is -0.466 e. The molecule has 4 nitrogen and oxygen atoms in total. The topological polar surface area (TPSA) is 52.1 Å². The standard InChI is InChI=1S/C9H10BrClN2O2/c1-6(14)15-3-2-7-8(4-10)12-5-13-9(7)11/h5H,2-4H2,1H3. The number of halogens is 2. The van der Waals surface area contributed by atoms with Crippen LogP contribution in [0.4, 0.5) is 0 Å². The van der Waals surface area contributed by atoms with E-state index in [1.54, 1.807) is 0 Å². The molecular formula is C9H10BrClN2O2. The molecule has 0 unspecified atom stereocenters. The number of ether oxygens (including phenoxy) is 1. The van der Waals surface area contributed by atoms with Crippen LogP contribution in [0.1, 0.15) is 18.2 Å². The number of alkyl halides is 1. The number of carbonyl (C=O) groups excluding carboxylic acids is 1. The summed E-state index contributed by atoms with van der Waals surface area (Å²) >= 11 is 9.22. The van der Waals surface area contributed by atoms with Gasteiger partial charge in [-0.25, -0.2) is 9.97 Å². The Hall–Kier alpha value is -0.680. The highest BCUT2D eigenvalue weighted by Crippen LogP contribution is 2.18. The zero-order valence-electron chi connectivity index (χ0n) is 8.17. The van der Waals surface area contributed by atoms with Crippen molar-refractivity contribution in [3.05, 3.63) is 22.7 Å². The third kappa shape index (κ3) is 3.76. The zero-order valence-corrected chi connectivity index (χ0v) is 10.5. The summed E-state index contributed by atoms with van der Waals surface area (Å²) in [4.78, 5) is 18.5. The predicted molar refractivity (Wildman–Crippen MR) is 60.0 cm³/mol. The fourth-order valence-corrected chi connectivity index (χ4v) is 1.81. The maximum absolute atomic E-state index is 10.6. The third-order valence-corrected chi connectivity index (χ3v) is 2.62. The molecule has 0 radical (unpaired) electrons. The van der Waals surface area contributed by atoms with Crippen molar-refractivity contribution < 1.29 is 9.53 Å². The number of esters is 1. The molecule has 1 rings (SSSR count). The Balaban J connectivity index is 2.70. The molecule has 0 spiro atoms. The highest BCUT2D eigenvalue weighted by Gasteiger charge is 2.09. The summed E-state index contributed by atoms with van der Waals surface area (Å²) in [6, 6.07) is 0. The summed E-state index contributed by atoms with van der Waals surface area (Å²) < 4.78 is 4.83. The van der Waals surface area contributed by atoms with Crippen LogP contribution >= 0.6 is 27.5 Å². The number of carbonyl (C=O) groups is 1. The van der Waals surface area contributed by atoms with Gasteiger partial charge in [-0.05, 0) is 0 Å². The smallest absolute Gasteiger partial charge is 0.302 e. The lowest BCUT2D eigenvalue weighted by molar-refractivity contribution is -0.140. The zero-order chi connectivity index (χ0) is 11.3. The van der Waals surface area contributed by atoms with Crippen LogP contribution in [-0.2, 0) is 21.3 Å². The highest BCUT2D eigenvalue weighted by molar-refractivity contribution is 9.08. The first kappa shape index (κ1) is 12.4. The van der Waals surface area contributed by atoms with Gasteiger partial charge in [-0.1, -0.05) is 27.5 Å². The van der Waals surface area contributed by atoms with E-state index in [4.69, 9.17) is 16.3 Å². The van der Waals surface area contributed by atoms with E-state index in [1.165, 1.54) is 13.3 Å². The number of hydrogen-bond donors (Lipinski definition) is 0. The Morgan fingerprint density at radius 2 is 2.33 bits per heavy atom. The lowest BCUT2D eigenvalue weighted by Gasteiger charge is -2.07. The second kappa shape index (κ2) is 6.02. The van der Waals surface area contributed by atoms with Crippen LogP contribution in [-0.4, -0.2) is 22.5 Å². The Morgan fingerprint density at radius 3 is 2.93 bits per heavy atom. The summed E-state index contributed by atoms with van der Waals surface area (Å²) in [7, 11) is 0. The van der Waals surface area contributed by atoms with Crippen molar-refractivity contribution in [2.75, 3.05) is 6.61 Å². The van der Waals surface area contributed by atoms with E-state index in [9.17, 15) is 4.79 Å². The Kier molecular flexibility index (Phi) is 4.98. The molecule has 15 heavy (non-hydrogen) atoms. The quantitative estimate of drug-likeness (QED) is 0.485. The number of aromatic nitrogens is 2. The van der Waals surface area contributed by atoms with Gasteiger partial charge in [-0.3, -0.25) is 4.79 Å². The molecule has 0 aliphatic heterocycles. The van der Waals surface area contributed by atoms with Gasteiger partial charge in [0.05, 0.1) is 12.3 Å². The molecule has 1 aromatic heterocycles. The van der Waals surface area contributed by atoms with Gasteiger partial charge in [0.15, 0.2) is 0 Å². The number of hydrogen-bond acceptors (Lipinski definition) is 4. The Labute approximate surface area is 101 Å². The van der Waals surface area contributed by atoms with Gasteiger partial charge in [-0.15, -0.1) is 0 Å². The maximum atomic E-state index is 10.6. The molecule has 0 aromatic carbocycles. The maximum Gasteiger partial charge on any atom is 0.302 e.